The molecule has 1 aromatic rings. The van der Waals surface area contributed by atoms with E-state index in [9.17, 15) is 5.11 Å². The van der Waals surface area contributed by atoms with Crippen LogP contribution in [0.4, 0.5) is 0 Å². The minimum Gasteiger partial charge on any atom is -0.506 e. The van der Waals surface area contributed by atoms with Crippen LogP contribution in [0.5, 0.6) is 5.75 Å². The first kappa shape index (κ1) is 17.3. The van der Waals surface area contributed by atoms with Gasteiger partial charge in [0.25, 0.3) is 0 Å². The van der Waals surface area contributed by atoms with Crippen molar-refractivity contribution in [3.05, 3.63) is 28.8 Å². The molecule has 0 radical (unpaired) electrons. The highest BCUT2D eigenvalue weighted by Gasteiger charge is 2.09. The van der Waals surface area contributed by atoms with Gasteiger partial charge in [0.15, 0.2) is 0 Å². The van der Waals surface area contributed by atoms with E-state index in [2.05, 4.69) is 32.6 Å². The monoisotopic (exact) mass is 297 g/mol. The molecule has 0 aliphatic rings. The summed E-state index contributed by atoms with van der Waals surface area (Å²) in [7, 11) is 0. The third-order valence-electron chi connectivity index (χ3n) is 3.46. The smallest absolute Gasteiger partial charge is 0.134 e. The van der Waals surface area contributed by atoms with E-state index < -0.39 is 0 Å². The Labute approximate surface area is 128 Å². The Bertz CT molecular complexity index is 392. The van der Waals surface area contributed by atoms with Crippen molar-refractivity contribution in [2.24, 2.45) is 11.8 Å². The van der Waals surface area contributed by atoms with Crippen LogP contribution in [0.3, 0.4) is 0 Å². The Hall–Kier alpha value is -0.730. The number of benzene rings is 1. The molecule has 0 saturated heterocycles. The molecular weight excluding hydrogens is 270 g/mol. The number of halogens is 1. The summed E-state index contributed by atoms with van der Waals surface area (Å²) in [5, 5.41) is 9.92. The number of phenols is 1. The van der Waals surface area contributed by atoms with Crippen molar-refractivity contribution in [1.82, 2.24) is 4.90 Å². The van der Waals surface area contributed by atoms with Gasteiger partial charge in [-0.3, -0.25) is 4.90 Å². The second-order valence-electron chi connectivity index (χ2n) is 6.43. The number of phenolic OH excluding ortho intramolecular Hbond substituents is 1. The molecule has 3 heteroatoms. The normalized spacial score (nSPS) is 11.8. The van der Waals surface area contributed by atoms with Crippen molar-refractivity contribution in [3.8, 4) is 5.75 Å². The summed E-state index contributed by atoms with van der Waals surface area (Å²) in [5.41, 5.74) is 1.17. The van der Waals surface area contributed by atoms with Gasteiger partial charge in [-0.05, 0) is 55.5 Å². The molecule has 0 fully saturated rings. The fraction of sp³-hybridized carbons (Fsp3) is 0.647. The minimum atomic E-state index is 0.159. The van der Waals surface area contributed by atoms with Crippen molar-refractivity contribution < 1.29 is 5.11 Å². The van der Waals surface area contributed by atoms with Gasteiger partial charge in [0.1, 0.15) is 5.75 Å². The molecule has 0 aliphatic carbocycles. The third kappa shape index (κ3) is 6.62. The summed E-state index contributed by atoms with van der Waals surface area (Å²) in [6, 6.07) is 5.51. The SMILES string of the molecule is CC(C)CCN(CCC(C)C)Cc1ccc(O)c(Cl)c1. The predicted octanol–water partition coefficient (Wildman–Crippen LogP) is 4.94. The highest BCUT2D eigenvalue weighted by atomic mass is 35.5. The van der Waals surface area contributed by atoms with Crippen LogP contribution in [0.15, 0.2) is 18.2 Å². The lowest BCUT2D eigenvalue weighted by Gasteiger charge is -2.24. The second-order valence-corrected chi connectivity index (χ2v) is 6.83. The lowest BCUT2D eigenvalue weighted by molar-refractivity contribution is 0.235. The minimum absolute atomic E-state index is 0.159. The molecule has 0 aliphatic heterocycles. The summed E-state index contributed by atoms with van der Waals surface area (Å²) in [4.78, 5) is 2.49. The molecule has 1 N–H and O–H groups in total. The van der Waals surface area contributed by atoms with Crippen LogP contribution in [0.1, 0.15) is 46.1 Å². The van der Waals surface area contributed by atoms with Crippen LogP contribution in [0, 0.1) is 11.8 Å². The molecule has 0 aromatic heterocycles. The largest absolute Gasteiger partial charge is 0.506 e. The molecule has 20 heavy (non-hydrogen) atoms. The highest BCUT2D eigenvalue weighted by Crippen LogP contribution is 2.24. The molecule has 114 valence electrons. The van der Waals surface area contributed by atoms with Crippen LogP contribution < -0.4 is 0 Å². The molecule has 0 unspecified atom stereocenters. The fourth-order valence-corrected chi connectivity index (χ4v) is 2.26. The van der Waals surface area contributed by atoms with E-state index in [0.29, 0.717) is 5.02 Å². The van der Waals surface area contributed by atoms with E-state index >= 15 is 0 Å². The average molecular weight is 298 g/mol. The van der Waals surface area contributed by atoms with E-state index in [1.54, 1.807) is 6.07 Å². The molecule has 0 spiro atoms. The van der Waals surface area contributed by atoms with Crippen molar-refractivity contribution in [1.29, 1.82) is 0 Å². The number of hydrogen-bond acceptors (Lipinski definition) is 2. The third-order valence-corrected chi connectivity index (χ3v) is 3.77. The van der Waals surface area contributed by atoms with E-state index in [4.69, 9.17) is 11.6 Å². The maximum Gasteiger partial charge on any atom is 0.134 e. The maximum absolute atomic E-state index is 9.48. The molecule has 0 amide bonds. The van der Waals surface area contributed by atoms with E-state index in [1.165, 1.54) is 18.4 Å². The van der Waals surface area contributed by atoms with Crippen molar-refractivity contribution >= 4 is 11.6 Å². The first-order chi connectivity index (χ1) is 9.38. The number of rotatable bonds is 8. The summed E-state index contributed by atoms with van der Waals surface area (Å²) in [5.74, 6) is 1.60. The van der Waals surface area contributed by atoms with Crippen molar-refractivity contribution in [2.75, 3.05) is 13.1 Å². The van der Waals surface area contributed by atoms with Gasteiger partial charge in [-0.25, -0.2) is 0 Å². The van der Waals surface area contributed by atoms with Crippen LogP contribution in [-0.4, -0.2) is 23.1 Å². The standard InChI is InChI=1S/C17H28ClNO/c1-13(2)7-9-19(10-8-14(3)4)12-15-5-6-17(20)16(18)11-15/h5-6,11,13-14,20H,7-10,12H2,1-4H3. The topological polar surface area (TPSA) is 23.5 Å². The van der Waals surface area contributed by atoms with Gasteiger partial charge in [0.2, 0.25) is 0 Å². The van der Waals surface area contributed by atoms with Gasteiger partial charge < -0.3 is 5.11 Å². The average Bonchev–Trinajstić information content (AvgIpc) is 2.36. The molecule has 0 atom stereocenters. The Morgan fingerprint density at radius 2 is 1.60 bits per heavy atom. The molecular formula is C17H28ClNO. The van der Waals surface area contributed by atoms with Gasteiger partial charge >= 0.3 is 0 Å². The first-order valence-electron chi connectivity index (χ1n) is 7.58. The molecule has 1 rings (SSSR count). The van der Waals surface area contributed by atoms with Crippen molar-refractivity contribution in [2.45, 2.75) is 47.1 Å². The van der Waals surface area contributed by atoms with Gasteiger partial charge in [-0.2, -0.15) is 0 Å². The maximum atomic E-state index is 9.48. The zero-order valence-electron chi connectivity index (χ0n) is 13.2. The van der Waals surface area contributed by atoms with Crippen LogP contribution >= 0.6 is 11.6 Å². The summed E-state index contributed by atoms with van der Waals surface area (Å²) in [6.07, 6.45) is 2.42. The van der Waals surface area contributed by atoms with Crippen LogP contribution in [0.2, 0.25) is 5.02 Å². The Morgan fingerprint density at radius 1 is 1.05 bits per heavy atom. The Morgan fingerprint density at radius 3 is 2.05 bits per heavy atom. The molecule has 0 bridgehead atoms. The molecule has 0 saturated carbocycles. The van der Waals surface area contributed by atoms with Gasteiger partial charge in [0, 0.05) is 6.54 Å². The quantitative estimate of drug-likeness (QED) is 0.734. The predicted molar refractivity (Wildman–Crippen MR) is 87.3 cm³/mol. The Kier molecular flexibility index (Phi) is 7.39. The van der Waals surface area contributed by atoms with Crippen LogP contribution in [-0.2, 0) is 6.54 Å². The van der Waals surface area contributed by atoms with Gasteiger partial charge in [-0.15, -0.1) is 0 Å². The first-order valence-corrected chi connectivity index (χ1v) is 7.96. The molecule has 1 aromatic carbocycles. The summed E-state index contributed by atoms with van der Waals surface area (Å²) >= 11 is 5.98. The molecule has 0 heterocycles. The summed E-state index contributed by atoms with van der Waals surface area (Å²) in [6.45, 7) is 12.2. The van der Waals surface area contributed by atoms with Crippen molar-refractivity contribution in [3.63, 3.8) is 0 Å². The van der Waals surface area contributed by atoms with E-state index in [0.717, 1.165) is 31.5 Å². The second kappa shape index (κ2) is 8.53. The lowest BCUT2D eigenvalue weighted by atomic mass is 10.1. The highest BCUT2D eigenvalue weighted by molar-refractivity contribution is 6.32. The molecule has 2 nitrogen and oxygen atoms in total. The fourth-order valence-electron chi connectivity index (χ4n) is 2.06. The van der Waals surface area contributed by atoms with E-state index in [-0.39, 0.29) is 5.75 Å². The van der Waals surface area contributed by atoms with Crippen LogP contribution in [0.25, 0.3) is 0 Å². The van der Waals surface area contributed by atoms with Gasteiger partial charge in [0.05, 0.1) is 5.02 Å². The van der Waals surface area contributed by atoms with E-state index in [1.807, 2.05) is 12.1 Å². The Balaban J connectivity index is 2.63. The zero-order valence-corrected chi connectivity index (χ0v) is 14.0. The van der Waals surface area contributed by atoms with Gasteiger partial charge in [-0.1, -0.05) is 45.4 Å². The number of hydrogen-bond donors (Lipinski definition) is 1. The lowest BCUT2D eigenvalue weighted by Crippen LogP contribution is -2.27. The number of nitrogens with zero attached hydrogens (tertiary/aromatic N) is 1. The zero-order chi connectivity index (χ0) is 15.1. The summed E-state index contributed by atoms with van der Waals surface area (Å²) < 4.78 is 0. The number of aromatic hydroxyl groups is 1.